The van der Waals surface area contributed by atoms with Crippen LogP contribution in [0.5, 0.6) is 5.75 Å². The van der Waals surface area contributed by atoms with Crippen LogP contribution in [-0.2, 0) is 4.79 Å². The molecule has 0 unspecified atom stereocenters. The summed E-state index contributed by atoms with van der Waals surface area (Å²) < 4.78 is 12.7. The van der Waals surface area contributed by atoms with Gasteiger partial charge in [-0.15, -0.1) is 0 Å². The van der Waals surface area contributed by atoms with E-state index in [1.54, 1.807) is 19.4 Å². The molecule has 1 aliphatic rings. The summed E-state index contributed by atoms with van der Waals surface area (Å²) >= 11 is 3.55. The second-order valence-corrected chi connectivity index (χ2v) is 8.85. The molecule has 4 rings (SSSR count). The van der Waals surface area contributed by atoms with Gasteiger partial charge in [0.1, 0.15) is 11.3 Å². The molecular weight excluding hydrogens is 442 g/mol. The predicted octanol–water partition coefficient (Wildman–Crippen LogP) is 6.64. The minimum Gasteiger partial charge on any atom is -0.496 e. The van der Waals surface area contributed by atoms with Gasteiger partial charge in [-0.05, 0) is 56.0 Å². The Balaban J connectivity index is 1.77. The van der Waals surface area contributed by atoms with Gasteiger partial charge in [0.05, 0.1) is 13.4 Å². The number of methoxy groups -OCH3 is 1. The largest absolute Gasteiger partial charge is 0.496 e. The highest BCUT2D eigenvalue weighted by Gasteiger charge is 2.20. The van der Waals surface area contributed by atoms with Crippen molar-refractivity contribution >= 4 is 38.4 Å². The zero-order valence-corrected chi connectivity index (χ0v) is 19.1. The number of amides is 1. The number of furan rings is 1. The van der Waals surface area contributed by atoms with E-state index in [0.29, 0.717) is 6.04 Å². The van der Waals surface area contributed by atoms with Crippen LogP contribution >= 0.6 is 15.9 Å². The summed E-state index contributed by atoms with van der Waals surface area (Å²) in [5.41, 5.74) is 5.58. The van der Waals surface area contributed by atoms with Crippen LogP contribution in [0.25, 0.3) is 27.7 Å². The molecule has 2 aromatic carbocycles. The number of halogens is 1. The number of carbonyl (C=O) groups is 1. The van der Waals surface area contributed by atoms with Gasteiger partial charge in [-0.25, -0.2) is 0 Å². The van der Waals surface area contributed by atoms with Gasteiger partial charge >= 0.3 is 0 Å². The van der Waals surface area contributed by atoms with Gasteiger partial charge in [0.25, 0.3) is 0 Å². The molecule has 1 aliphatic carbocycles. The van der Waals surface area contributed by atoms with Gasteiger partial charge in [0.15, 0.2) is 0 Å². The smallest absolute Gasteiger partial charge is 0.244 e. The molecule has 0 radical (unpaired) electrons. The Labute approximate surface area is 185 Å². The maximum Gasteiger partial charge on any atom is 0.244 e. The van der Waals surface area contributed by atoms with Gasteiger partial charge < -0.3 is 14.5 Å². The fourth-order valence-corrected chi connectivity index (χ4v) is 4.74. The van der Waals surface area contributed by atoms with Gasteiger partial charge in [-0.2, -0.15) is 0 Å². The van der Waals surface area contributed by atoms with Crippen molar-refractivity contribution in [1.82, 2.24) is 5.32 Å². The Hall–Kier alpha value is -2.53. The standard InChI is InChI=1S/C25H26BrNO3/c1-15(11-23(28)27-19-9-4-5-10-19)20-13-21-22(17-7-6-8-18(26)12-17)14-30-25(21)16(2)24(20)29-3/h6-8,11-14,19H,4-5,9-10H2,1-3H3,(H,27,28)/b15-11+. The van der Waals surface area contributed by atoms with Crippen LogP contribution in [0, 0.1) is 6.92 Å². The lowest BCUT2D eigenvalue weighted by Gasteiger charge is -2.14. The number of benzene rings is 2. The molecule has 1 heterocycles. The van der Waals surface area contributed by atoms with E-state index >= 15 is 0 Å². The second-order valence-electron chi connectivity index (χ2n) is 7.94. The third-order valence-corrected chi connectivity index (χ3v) is 6.35. The Morgan fingerprint density at radius 1 is 1.27 bits per heavy atom. The highest BCUT2D eigenvalue weighted by molar-refractivity contribution is 9.10. The number of allylic oxidation sites excluding steroid dienone is 1. The number of fused-ring (bicyclic) bond motifs is 1. The normalized spacial score (nSPS) is 15.0. The van der Waals surface area contributed by atoms with Crippen LogP contribution in [0.15, 0.2) is 51.6 Å². The quantitative estimate of drug-likeness (QED) is 0.427. The lowest BCUT2D eigenvalue weighted by atomic mass is 9.96. The Kier molecular flexibility index (Phi) is 6.00. The summed E-state index contributed by atoms with van der Waals surface area (Å²) in [6, 6.07) is 10.5. The van der Waals surface area contributed by atoms with Crippen molar-refractivity contribution in [3.63, 3.8) is 0 Å². The van der Waals surface area contributed by atoms with E-state index in [9.17, 15) is 4.79 Å². The first-order chi connectivity index (χ1) is 14.5. The number of aryl methyl sites for hydroxylation is 1. The number of nitrogens with one attached hydrogen (secondary N) is 1. The highest BCUT2D eigenvalue weighted by Crippen LogP contribution is 2.40. The van der Waals surface area contributed by atoms with Gasteiger partial charge in [-0.3, -0.25) is 4.79 Å². The molecule has 3 aromatic rings. The third kappa shape index (κ3) is 4.04. The van der Waals surface area contributed by atoms with Crippen molar-refractivity contribution in [3.05, 3.63) is 58.3 Å². The van der Waals surface area contributed by atoms with Gasteiger partial charge in [0.2, 0.25) is 5.91 Å². The van der Waals surface area contributed by atoms with Crippen LogP contribution in [0.1, 0.15) is 43.7 Å². The Bertz CT molecular complexity index is 1120. The van der Waals surface area contributed by atoms with Crippen molar-refractivity contribution in [2.75, 3.05) is 7.11 Å². The molecule has 0 saturated heterocycles. The van der Waals surface area contributed by atoms with Crippen molar-refractivity contribution in [2.45, 2.75) is 45.6 Å². The van der Waals surface area contributed by atoms with Crippen LogP contribution in [0.4, 0.5) is 0 Å². The average molecular weight is 468 g/mol. The second kappa shape index (κ2) is 8.68. The van der Waals surface area contributed by atoms with E-state index in [0.717, 1.165) is 61.9 Å². The maximum absolute atomic E-state index is 12.6. The summed E-state index contributed by atoms with van der Waals surface area (Å²) in [5.74, 6) is 0.693. The third-order valence-electron chi connectivity index (χ3n) is 5.86. The van der Waals surface area contributed by atoms with E-state index in [2.05, 4.69) is 39.4 Å². The van der Waals surface area contributed by atoms with Gasteiger partial charge in [-0.1, -0.05) is 40.9 Å². The molecule has 0 atom stereocenters. The minimum absolute atomic E-state index is 0.0430. The maximum atomic E-state index is 12.6. The van der Waals surface area contributed by atoms with E-state index in [4.69, 9.17) is 9.15 Å². The first kappa shape index (κ1) is 20.7. The van der Waals surface area contributed by atoms with Crippen molar-refractivity contribution in [3.8, 4) is 16.9 Å². The lowest BCUT2D eigenvalue weighted by Crippen LogP contribution is -2.31. The molecule has 156 valence electrons. The van der Waals surface area contributed by atoms with Gasteiger partial charge in [0, 0.05) is 38.7 Å². The summed E-state index contributed by atoms with van der Waals surface area (Å²) in [5, 5.41) is 4.13. The monoisotopic (exact) mass is 467 g/mol. The summed E-state index contributed by atoms with van der Waals surface area (Å²) in [6.07, 6.45) is 7.98. The summed E-state index contributed by atoms with van der Waals surface area (Å²) in [4.78, 5) is 12.6. The molecule has 1 N–H and O–H groups in total. The van der Waals surface area contributed by atoms with Crippen LogP contribution in [-0.4, -0.2) is 19.1 Å². The Morgan fingerprint density at radius 3 is 2.73 bits per heavy atom. The Morgan fingerprint density at radius 2 is 2.03 bits per heavy atom. The molecule has 5 heteroatoms. The van der Waals surface area contributed by atoms with E-state index < -0.39 is 0 Å². The van der Waals surface area contributed by atoms with Crippen molar-refractivity contribution in [2.24, 2.45) is 0 Å². The minimum atomic E-state index is -0.0430. The average Bonchev–Trinajstić information content (AvgIpc) is 3.37. The fraction of sp³-hybridized carbons (Fsp3) is 0.320. The molecular formula is C25H26BrNO3. The predicted molar refractivity (Wildman–Crippen MR) is 125 cm³/mol. The summed E-state index contributed by atoms with van der Waals surface area (Å²) in [7, 11) is 1.65. The van der Waals surface area contributed by atoms with E-state index in [1.165, 1.54) is 12.8 Å². The van der Waals surface area contributed by atoms with Crippen molar-refractivity contribution < 1.29 is 13.9 Å². The zero-order chi connectivity index (χ0) is 21.3. The fourth-order valence-electron chi connectivity index (χ4n) is 4.34. The first-order valence-electron chi connectivity index (χ1n) is 10.3. The first-order valence-corrected chi connectivity index (χ1v) is 11.1. The molecule has 1 amide bonds. The van der Waals surface area contributed by atoms with Crippen LogP contribution in [0.2, 0.25) is 0 Å². The molecule has 0 spiro atoms. The number of rotatable bonds is 5. The van der Waals surface area contributed by atoms with E-state index in [-0.39, 0.29) is 5.91 Å². The van der Waals surface area contributed by atoms with Crippen LogP contribution in [0.3, 0.4) is 0 Å². The summed E-state index contributed by atoms with van der Waals surface area (Å²) in [6.45, 7) is 3.95. The number of hydrogen-bond donors (Lipinski definition) is 1. The molecule has 0 bridgehead atoms. The number of carbonyl (C=O) groups excluding carboxylic acids is 1. The molecule has 1 aromatic heterocycles. The lowest BCUT2D eigenvalue weighted by molar-refractivity contribution is -0.117. The zero-order valence-electron chi connectivity index (χ0n) is 17.5. The molecule has 30 heavy (non-hydrogen) atoms. The number of hydrogen-bond acceptors (Lipinski definition) is 3. The number of ether oxygens (including phenoxy) is 1. The molecule has 0 aliphatic heterocycles. The van der Waals surface area contributed by atoms with E-state index in [1.807, 2.05) is 26.0 Å². The molecule has 1 saturated carbocycles. The highest BCUT2D eigenvalue weighted by atomic mass is 79.9. The van der Waals surface area contributed by atoms with Crippen molar-refractivity contribution in [1.29, 1.82) is 0 Å². The SMILES string of the molecule is COc1c(/C(C)=C/C(=O)NC2CCCC2)cc2c(-c3cccc(Br)c3)coc2c1C. The van der Waals surface area contributed by atoms with Crippen LogP contribution < -0.4 is 10.1 Å². The molecule has 1 fully saturated rings. The topological polar surface area (TPSA) is 51.5 Å². The molecule has 4 nitrogen and oxygen atoms in total.